The standard InChI is InChI=1S/C17H20N2OS/c20-17(19-14-15-8-3-1-4-9-15)18-12-7-13-21-16-10-5-2-6-11-16/h1-6,8-11H,7,12-14H2,(H2,18,19,20). The van der Waals surface area contributed by atoms with E-state index in [9.17, 15) is 4.79 Å². The van der Waals surface area contributed by atoms with Crippen LogP contribution >= 0.6 is 11.8 Å². The summed E-state index contributed by atoms with van der Waals surface area (Å²) in [5, 5.41) is 5.73. The molecule has 0 radical (unpaired) electrons. The monoisotopic (exact) mass is 300 g/mol. The summed E-state index contributed by atoms with van der Waals surface area (Å²) in [7, 11) is 0. The maximum Gasteiger partial charge on any atom is 0.315 e. The SMILES string of the molecule is O=C(NCCCSc1ccccc1)NCc1ccccc1. The zero-order chi connectivity index (χ0) is 14.8. The van der Waals surface area contributed by atoms with Crippen LogP contribution < -0.4 is 10.6 Å². The number of hydrogen-bond donors (Lipinski definition) is 2. The average molecular weight is 300 g/mol. The molecule has 0 aliphatic carbocycles. The molecule has 0 spiro atoms. The lowest BCUT2D eigenvalue weighted by atomic mass is 10.2. The van der Waals surface area contributed by atoms with E-state index in [2.05, 4.69) is 22.8 Å². The molecule has 2 N–H and O–H groups in total. The molecule has 0 atom stereocenters. The highest BCUT2D eigenvalue weighted by atomic mass is 32.2. The van der Waals surface area contributed by atoms with Crippen molar-refractivity contribution in [1.82, 2.24) is 10.6 Å². The van der Waals surface area contributed by atoms with Gasteiger partial charge in [0.15, 0.2) is 0 Å². The third-order valence-corrected chi connectivity index (χ3v) is 4.01. The zero-order valence-corrected chi connectivity index (χ0v) is 12.7. The summed E-state index contributed by atoms with van der Waals surface area (Å²) in [4.78, 5) is 12.9. The highest BCUT2D eigenvalue weighted by Crippen LogP contribution is 2.17. The number of urea groups is 1. The smallest absolute Gasteiger partial charge is 0.315 e. The van der Waals surface area contributed by atoms with Gasteiger partial charge in [0.2, 0.25) is 0 Å². The van der Waals surface area contributed by atoms with Crippen LogP contribution in [0.1, 0.15) is 12.0 Å². The van der Waals surface area contributed by atoms with Crippen molar-refractivity contribution in [3.63, 3.8) is 0 Å². The van der Waals surface area contributed by atoms with Crippen molar-refractivity contribution < 1.29 is 4.79 Å². The minimum absolute atomic E-state index is 0.108. The van der Waals surface area contributed by atoms with Crippen molar-refractivity contribution in [3.05, 3.63) is 66.2 Å². The Morgan fingerprint density at radius 1 is 0.905 bits per heavy atom. The summed E-state index contributed by atoms with van der Waals surface area (Å²) >= 11 is 1.81. The molecule has 0 saturated carbocycles. The van der Waals surface area contributed by atoms with E-state index in [-0.39, 0.29) is 6.03 Å². The lowest BCUT2D eigenvalue weighted by Crippen LogP contribution is -2.35. The highest BCUT2D eigenvalue weighted by molar-refractivity contribution is 7.99. The molecule has 0 heterocycles. The molecule has 0 saturated heterocycles. The number of amides is 2. The number of rotatable bonds is 7. The number of carbonyl (C=O) groups is 1. The number of hydrogen-bond acceptors (Lipinski definition) is 2. The first kappa shape index (κ1) is 15.4. The Hall–Kier alpha value is -1.94. The first-order chi connectivity index (χ1) is 10.3. The third kappa shape index (κ3) is 6.36. The summed E-state index contributed by atoms with van der Waals surface area (Å²) < 4.78 is 0. The van der Waals surface area contributed by atoms with E-state index in [1.807, 2.05) is 60.3 Å². The van der Waals surface area contributed by atoms with E-state index < -0.39 is 0 Å². The van der Waals surface area contributed by atoms with Gasteiger partial charge in [-0.1, -0.05) is 48.5 Å². The second kappa shape index (κ2) is 9.08. The molecule has 21 heavy (non-hydrogen) atoms. The van der Waals surface area contributed by atoms with Crippen molar-refractivity contribution in [2.45, 2.75) is 17.9 Å². The van der Waals surface area contributed by atoms with E-state index in [4.69, 9.17) is 0 Å². The topological polar surface area (TPSA) is 41.1 Å². The van der Waals surface area contributed by atoms with Gasteiger partial charge in [-0.15, -0.1) is 11.8 Å². The molecule has 0 aliphatic heterocycles. The summed E-state index contributed by atoms with van der Waals surface area (Å²) in [6.45, 7) is 1.26. The fourth-order valence-electron chi connectivity index (χ4n) is 1.82. The third-order valence-electron chi connectivity index (χ3n) is 2.91. The molecule has 0 aliphatic rings. The van der Waals surface area contributed by atoms with E-state index >= 15 is 0 Å². The Morgan fingerprint density at radius 2 is 1.57 bits per heavy atom. The van der Waals surface area contributed by atoms with Gasteiger partial charge < -0.3 is 10.6 Å². The van der Waals surface area contributed by atoms with Gasteiger partial charge in [0.1, 0.15) is 0 Å². The number of nitrogens with one attached hydrogen (secondary N) is 2. The highest BCUT2D eigenvalue weighted by Gasteiger charge is 1.99. The molecule has 2 rings (SSSR count). The Kier molecular flexibility index (Phi) is 6.68. The van der Waals surface area contributed by atoms with Gasteiger partial charge in [-0.05, 0) is 29.9 Å². The first-order valence-corrected chi connectivity index (χ1v) is 8.06. The molecule has 0 unspecified atom stereocenters. The van der Waals surface area contributed by atoms with Crippen molar-refractivity contribution in [2.75, 3.05) is 12.3 Å². The molecular formula is C17H20N2OS. The Bertz CT molecular complexity index is 531. The Labute approximate surface area is 130 Å². The fraction of sp³-hybridized carbons (Fsp3) is 0.235. The molecule has 2 aromatic carbocycles. The Morgan fingerprint density at radius 3 is 2.29 bits per heavy atom. The molecule has 0 fully saturated rings. The van der Waals surface area contributed by atoms with Gasteiger partial charge in [0.05, 0.1) is 0 Å². The molecular weight excluding hydrogens is 280 g/mol. The van der Waals surface area contributed by atoms with Crippen molar-refractivity contribution in [2.24, 2.45) is 0 Å². The van der Waals surface area contributed by atoms with Crippen molar-refractivity contribution in [1.29, 1.82) is 0 Å². The van der Waals surface area contributed by atoms with Gasteiger partial charge >= 0.3 is 6.03 Å². The van der Waals surface area contributed by atoms with Gasteiger partial charge in [-0.3, -0.25) is 0 Å². The second-order valence-electron chi connectivity index (χ2n) is 4.61. The molecule has 4 heteroatoms. The molecule has 3 nitrogen and oxygen atoms in total. The Balaban J connectivity index is 1.53. The summed E-state index contributed by atoms with van der Waals surface area (Å²) in [6, 6.07) is 20.1. The normalized spacial score (nSPS) is 10.1. The van der Waals surface area contributed by atoms with Crippen LogP contribution in [0.15, 0.2) is 65.6 Å². The summed E-state index contributed by atoms with van der Waals surface area (Å²) in [6.07, 6.45) is 0.957. The fourth-order valence-corrected chi connectivity index (χ4v) is 2.70. The minimum atomic E-state index is -0.108. The quantitative estimate of drug-likeness (QED) is 0.605. The molecule has 0 aromatic heterocycles. The van der Waals surface area contributed by atoms with Crippen LogP contribution in [-0.4, -0.2) is 18.3 Å². The molecule has 2 amide bonds. The lowest BCUT2D eigenvalue weighted by Gasteiger charge is -2.07. The maximum atomic E-state index is 11.6. The molecule has 2 aromatic rings. The predicted molar refractivity (Wildman–Crippen MR) is 88.5 cm³/mol. The van der Waals surface area contributed by atoms with Crippen LogP contribution in [0.4, 0.5) is 4.79 Å². The van der Waals surface area contributed by atoms with E-state index in [1.54, 1.807) is 0 Å². The largest absolute Gasteiger partial charge is 0.338 e. The zero-order valence-electron chi connectivity index (χ0n) is 11.9. The van der Waals surface area contributed by atoms with Gasteiger partial charge in [0.25, 0.3) is 0 Å². The second-order valence-corrected chi connectivity index (χ2v) is 5.78. The predicted octanol–water partition coefficient (Wildman–Crippen LogP) is 3.67. The average Bonchev–Trinajstić information content (AvgIpc) is 2.54. The maximum absolute atomic E-state index is 11.6. The van der Waals surface area contributed by atoms with E-state index in [0.717, 1.165) is 17.7 Å². The van der Waals surface area contributed by atoms with Crippen LogP contribution in [0, 0.1) is 0 Å². The van der Waals surface area contributed by atoms with Gasteiger partial charge in [0, 0.05) is 18.0 Å². The van der Waals surface area contributed by atoms with Gasteiger partial charge in [-0.25, -0.2) is 4.79 Å². The van der Waals surface area contributed by atoms with Crippen LogP contribution in [0.3, 0.4) is 0 Å². The molecule has 110 valence electrons. The number of thioether (sulfide) groups is 1. The van der Waals surface area contributed by atoms with Crippen LogP contribution in [0.2, 0.25) is 0 Å². The van der Waals surface area contributed by atoms with Crippen LogP contribution in [0.25, 0.3) is 0 Å². The summed E-state index contributed by atoms with van der Waals surface area (Å²) in [5.41, 5.74) is 1.10. The first-order valence-electron chi connectivity index (χ1n) is 7.08. The number of carbonyl (C=O) groups excluding carboxylic acids is 1. The lowest BCUT2D eigenvalue weighted by molar-refractivity contribution is 0.240. The van der Waals surface area contributed by atoms with Gasteiger partial charge in [-0.2, -0.15) is 0 Å². The molecule has 0 bridgehead atoms. The summed E-state index contributed by atoms with van der Waals surface area (Å²) in [5.74, 6) is 1.00. The minimum Gasteiger partial charge on any atom is -0.338 e. The van der Waals surface area contributed by atoms with Crippen molar-refractivity contribution >= 4 is 17.8 Å². The van der Waals surface area contributed by atoms with Crippen LogP contribution in [-0.2, 0) is 6.54 Å². The number of benzene rings is 2. The van der Waals surface area contributed by atoms with E-state index in [0.29, 0.717) is 13.1 Å². The van der Waals surface area contributed by atoms with E-state index in [1.165, 1.54) is 4.90 Å². The van der Waals surface area contributed by atoms with Crippen molar-refractivity contribution in [3.8, 4) is 0 Å². The van der Waals surface area contributed by atoms with Crippen LogP contribution in [0.5, 0.6) is 0 Å².